The van der Waals surface area contributed by atoms with Gasteiger partial charge in [-0.3, -0.25) is 4.79 Å². The molecule has 0 aromatic rings. The van der Waals surface area contributed by atoms with Crippen molar-refractivity contribution < 1.29 is 10.0 Å². The Bertz CT molecular complexity index is 236. The molecule has 1 fully saturated rings. The monoisotopic (exact) mass is 185 g/mol. The minimum atomic E-state index is -0.532. The van der Waals surface area contributed by atoms with Crippen LogP contribution in [0.4, 0.5) is 0 Å². The van der Waals surface area contributed by atoms with Crippen molar-refractivity contribution in [3.8, 4) is 0 Å². The van der Waals surface area contributed by atoms with E-state index in [4.69, 9.17) is 10.9 Å². The van der Waals surface area contributed by atoms with Crippen LogP contribution in [0.5, 0.6) is 0 Å². The van der Waals surface area contributed by atoms with E-state index in [1.165, 1.54) is 0 Å². The van der Waals surface area contributed by atoms with Gasteiger partial charge in [-0.1, -0.05) is 5.16 Å². The molecule has 0 aromatic heterocycles. The summed E-state index contributed by atoms with van der Waals surface area (Å²) in [7, 11) is 1.75. The van der Waals surface area contributed by atoms with Gasteiger partial charge in [0.2, 0.25) is 5.91 Å². The van der Waals surface area contributed by atoms with Crippen LogP contribution in [-0.4, -0.2) is 34.9 Å². The third kappa shape index (κ3) is 2.11. The van der Waals surface area contributed by atoms with Crippen LogP contribution in [0.15, 0.2) is 5.16 Å². The number of carbonyl (C=O) groups excluding carboxylic acids is 1. The summed E-state index contributed by atoms with van der Waals surface area (Å²) < 4.78 is 0. The molecule has 74 valence electrons. The number of oxime groups is 1. The van der Waals surface area contributed by atoms with Gasteiger partial charge in [0.15, 0.2) is 5.84 Å². The third-order valence-corrected chi connectivity index (χ3v) is 2.37. The molecule has 1 unspecified atom stereocenters. The first-order valence-electron chi connectivity index (χ1n) is 4.32. The molecule has 0 bridgehead atoms. The van der Waals surface area contributed by atoms with Crippen LogP contribution in [-0.2, 0) is 4.79 Å². The van der Waals surface area contributed by atoms with Crippen LogP contribution in [0, 0.1) is 5.92 Å². The highest BCUT2D eigenvalue weighted by Gasteiger charge is 2.32. The van der Waals surface area contributed by atoms with Gasteiger partial charge in [0.05, 0.1) is 5.92 Å². The highest BCUT2D eigenvalue weighted by molar-refractivity contribution is 6.01. The smallest absolute Gasteiger partial charge is 0.233 e. The van der Waals surface area contributed by atoms with E-state index >= 15 is 0 Å². The summed E-state index contributed by atoms with van der Waals surface area (Å²) >= 11 is 0. The lowest BCUT2D eigenvalue weighted by Crippen LogP contribution is -2.39. The van der Waals surface area contributed by atoms with Gasteiger partial charge in [-0.25, -0.2) is 0 Å². The minimum Gasteiger partial charge on any atom is -0.409 e. The molecular formula is C8H15N3O2. The van der Waals surface area contributed by atoms with Crippen LogP contribution in [0.1, 0.15) is 19.8 Å². The number of hydrogen-bond donors (Lipinski definition) is 2. The van der Waals surface area contributed by atoms with Crippen LogP contribution < -0.4 is 5.73 Å². The maximum absolute atomic E-state index is 11.6. The molecule has 5 nitrogen and oxygen atoms in total. The average Bonchev–Trinajstić information content (AvgIpc) is 2.96. The number of hydrogen-bond acceptors (Lipinski definition) is 3. The van der Waals surface area contributed by atoms with Crippen LogP contribution in [0.25, 0.3) is 0 Å². The number of nitrogens with two attached hydrogens (primary N) is 1. The van der Waals surface area contributed by atoms with Gasteiger partial charge in [-0.2, -0.15) is 0 Å². The van der Waals surface area contributed by atoms with E-state index in [-0.39, 0.29) is 11.7 Å². The van der Waals surface area contributed by atoms with Gasteiger partial charge in [-0.15, -0.1) is 0 Å². The van der Waals surface area contributed by atoms with Crippen molar-refractivity contribution in [3.05, 3.63) is 0 Å². The lowest BCUT2D eigenvalue weighted by molar-refractivity contribution is -0.132. The van der Waals surface area contributed by atoms with E-state index in [9.17, 15) is 4.79 Å². The second kappa shape index (κ2) is 3.64. The third-order valence-electron chi connectivity index (χ3n) is 2.37. The molecule has 1 aliphatic carbocycles. The lowest BCUT2D eigenvalue weighted by atomic mass is 10.1. The zero-order valence-corrected chi connectivity index (χ0v) is 7.90. The second-order valence-corrected chi connectivity index (χ2v) is 3.43. The van der Waals surface area contributed by atoms with E-state index in [2.05, 4.69) is 5.16 Å². The van der Waals surface area contributed by atoms with E-state index in [0.29, 0.717) is 6.04 Å². The molecular weight excluding hydrogens is 170 g/mol. The van der Waals surface area contributed by atoms with Crippen molar-refractivity contribution in [2.24, 2.45) is 16.8 Å². The van der Waals surface area contributed by atoms with E-state index in [0.717, 1.165) is 12.8 Å². The number of carbonyl (C=O) groups is 1. The molecule has 0 radical (unpaired) electrons. The van der Waals surface area contributed by atoms with Gasteiger partial charge < -0.3 is 15.8 Å². The van der Waals surface area contributed by atoms with Crippen LogP contribution >= 0.6 is 0 Å². The molecule has 1 aliphatic rings. The average molecular weight is 185 g/mol. The maximum atomic E-state index is 11.6. The number of rotatable bonds is 3. The quantitative estimate of drug-likeness (QED) is 0.281. The molecule has 5 heteroatoms. The molecule has 1 rings (SSSR count). The molecule has 0 spiro atoms. The molecule has 3 N–H and O–H groups in total. The SMILES string of the molecule is CC(C(=O)N(C)C1CC1)C(N)=NO. The Morgan fingerprint density at radius 1 is 1.69 bits per heavy atom. The van der Waals surface area contributed by atoms with Crippen molar-refractivity contribution in [2.45, 2.75) is 25.8 Å². The summed E-state index contributed by atoms with van der Waals surface area (Å²) in [6.07, 6.45) is 2.12. The largest absolute Gasteiger partial charge is 0.409 e. The number of amidine groups is 1. The summed E-state index contributed by atoms with van der Waals surface area (Å²) in [5.41, 5.74) is 5.33. The molecule has 0 heterocycles. The van der Waals surface area contributed by atoms with Gasteiger partial charge in [0.1, 0.15) is 0 Å². The first-order chi connectivity index (χ1) is 6.07. The molecule has 0 aliphatic heterocycles. The number of nitrogens with zero attached hydrogens (tertiary/aromatic N) is 2. The van der Waals surface area contributed by atoms with Gasteiger partial charge in [-0.05, 0) is 19.8 Å². The fourth-order valence-electron chi connectivity index (χ4n) is 1.16. The standard InChI is InChI=1S/C8H15N3O2/c1-5(7(9)10-13)8(12)11(2)6-3-4-6/h5-6,13H,3-4H2,1-2H3,(H2,9,10). The van der Waals surface area contributed by atoms with Crippen LogP contribution in [0.2, 0.25) is 0 Å². The van der Waals surface area contributed by atoms with Crippen molar-refractivity contribution in [1.82, 2.24) is 4.90 Å². The molecule has 1 atom stereocenters. The molecule has 13 heavy (non-hydrogen) atoms. The van der Waals surface area contributed by atoms with Gasteiger partial charge in [0, 0.05) is 13.1 Å². The minimum absolute atomic E-state index is 0.0301. The fourth-order valence-corrected chi connectivity index (χ4v) is 1.16. The Balaban J connectivity index is 2.55. The summed E-state index contributed by atoms with van der Waals surface area (Å²) in [6, 6.07) is 0.362. The molecule has 0 aromatic carbocycles. The van der Waals surface area contributed by atoms with E-state index in [1.54, 1.807) is 18.9 Å². The summed E-state index contributed by atoms with van der Waals surface area (Å²) in [5.74, 6) is -0.647. The number of amides is 1. The topological polar surface area (TPSA) is 78.9 Å². The second-order valence-electron chi connectivity index (χ2n) is 3.43. The lowest BCUT2D eigenvalue weighted by Gasteiger charge is -2.19. The Kier molecular flexibility index (Phi) is 2.75. The van der Waals surface area contributed by atoms with E-state index < -0.39 is 5.92 Å². The van der Waals surface area contributed by atoms with E-state index in [1.807, 2.05) is 0 Å². The normalized spacial score (nSPS) is 19.7. The Morgan fingerprint density at radius 2 is 2.23 bits per heavy atom. The maximum Gasteiger partial charge on any atom is 0.233 e. The van der Waals surface area contributed by atoms with Gasteiger partial charge in [0.25, 0.3) is 0 Å². The summed E-state index contributed by atoms with van der Waals surface area (Å²) in [6.45, 7) is 1.64. The van der Waals surface area contributed by atoms with Crippen molar-refractivity contribution in [2.75, 3.05) is 7.05 Å². The molecule has 0 saturated heterocycles. The zero-order chi connectivity index (χ0) is 10.0. The van der Waals surface area contributed by atoms with Crippen LogP contribution in [0.3, 0.4) is 0 Å². The van der Waals surface area contributed by atoms with Crippen molar-refractivity contribution in [3.63, 3.8) is 0 Å². The predicted molar refractivity (Wildman–Crippen MR) is 48.4 cm³/mol. The summed E-state index contributed by atoms with van der Waals surface area (Å²) in [4.78, 5) is 13.2. The van der Waals surface area contributed by atoms with Crippen molar-refractivity contribution >= 4 is 11.7 Å². The predicted octanol–water partition coefficient (Wildman–Crippen LogP) is -0.0103. The first-order valence-corrected chi connectivity index (χ1v) is 4.32. The Morgan fingerprint density at radius 3 is 2.62 bits per heavy atom. The highest BCUT2D eigenvalue weighted by atomic mass is 16.4. The molecule has 1 amide bonds. The van der Waals surface area contributed by atoms with Gasteiger partial charge >= 0.3 is 0 Å². The first kappa shape index (κ1) is 9.83. The highest BCUT2D eigenvalue weighted by Crippen LogP contribution is 2.26. The zero-order valence-electron chi connectivity index (χ0n) is 7.90. The van der Waals surface area contributed by atoms with Crippen molar-refractivity contribution in [1.29, 1.82) is 0 Å². The summed E-state index contributed by atoms with van der Waals surface area (Å²) in [5, 5.41) is 11.2. The molecule has 1 saturated carbocycles. The Hall–Kier alpha value is -1.26. The fraction of sp³-hybridized carbons (Fsp3) is 0.750. The Labute approximate surface area is 77.2 Å².